The lowest BCUT2D eigenvalue weighted by Gasteiger charge is -1.92. The number of nitrogens with zero attached hydrogens (tertiary/aromatic N) is 2. The Kier molecular flexibility index (Phi) is 1.91. The fourth-order valence-corrected chi connectivity index (χ4v) is 1.70. The van der Waals surface area contributed by atoms with Crippen molar-refractivity contribution < 1.29 is 4.92 Å². The van der Waals surface area contributed by atoms with Crippen LogP contribution in [0.25, 0.3) is 10.9 Å². The van der Waals surface area contributed by atoms with Gasteiger partial charge in [-0.05, 0) is 22.6 Å². The van der Waals surface area contributed by atoms with Crippen LogP contribution in [0, 0.1) is 13.7 Å². The van der Waals surface area contributed by atoms with Gasteiger partial charge in [0.15, 0.2) is 0 Å². The number of halogens is 1. The first-order chi connectivity index (χ1) is 6.20. The van der Waals surface area contributed by atoms with E-state index in [1.54, 1.807) is 12.4 Å². The maximum atomic E-state index is 10.6. The van der Waals surface area contributed by atoms with E-state index in [-0.39, 0.29) is 5.69 Å². The lowest BCUT2D eigenvalue weighted by molar-refractivity contribution is -0.383. The molecule has 0 fully saturated rings. The van der Waals surface area contributed by atoms with Crippen LogP contribution < -0.4 is 0 Å². The Morgan fingerprint density at radius 2 is 2.31 bits per heavy atom. The van der Waals surface area contributed by atoms with Gasteiger partial charge in [0.1, 0.15) is 11.7 Å². The van der Waals surface area contributed by atoms with Crippen molar-refractivity contribution in [3.63, 3.8) is 0 Å². The first kappa shape index (κ1) is 8.42. The largest absolute Gasteiger partial charge is 0.354 e. The number of hydrogen-bond donors (Lipinski definition) is 1. The van der Waals surface area contributed by atoms with Gasteiger partial charge in [0.2, 0.25) is 0 Å². The zero-order chi connectivity index (χ0) is 9.42. The van der Waals surface area contributed by atoms with Crippen LogP contribution in [0.1, 0.15) is 0 Å². The predicted octanol–water partition coefficient (Wildman–Crippen LogP) is 2.08. The molecule has 2 aromatic heterocycles. The molecule has 2 heterocycles. The minimum atomic E-state index is -0.443. The molecule has 2 aromatic rings. The first-order valence-corrected chi connectivity index (χ1v) is 4.53. The van der Waals surface area contributed by atoms with E-state index in [2.05, 4.69) is 32.6 Å². The second kappa shape index (κ2) is 2.95. The van der Waals surface area contributed by atoms with Crippen LogP contribution in [-0.4, -0.2) is 14.9 Å². The van der Waals surface area contributed by atoms with Gasteiger partial charge in [0.05, 0.1) is 4.92 Å². The maximum Gasteiger partial charge on any atom is 0.311 e. The summed E-state index contributed by atoms with van der Waals surface area (Å²) in [5.74, 6) is 0. The molecule has 0 aliphatic carbocycles. The Labute approximate surface area is 86.5 Å². The molecule has 0 aliphatic heterocycles. The third kappa shape index (κ3) is 1.26. The van der Waals surface area contributed by atoms with Gasteiger partial charge in [-0.25, -0.2) is 0 Å². The Bertz CT molecular complexity index is 480. The molecule has 0 radical (unpaired) electrons. The third-order valence-electron chi connectivity index (χ3n) is 1.72. The molecule has 0 unspecified atom stereocenters. The standard InChI is InChI=1S/C7H4IN3O2/c8-5-2-10-7-4(5)1-9-3-6(7)11(12)13/h1-3,10H. The SMILES string of the molecule is O=[N+]([O-])c1cncc2c(I)c[nH]c12. The third-order valence-corrected chi connectivity index (χ3v) is 2.62. The Balaban J connectivity index is 2.84. The molecule has 6 heteroatoms. The van der Waals surface area contributed by atoms with Crippen molar-refractivity contribution in [2.45, 2.75) is 0 Å². The van der Waals surface area contributed by atoms with Crippen LogP contribution >= 0.6 is 22.6 Å². The summed E-state index contributed by atoms with van der Waals surface area (Å²) in [5, 5.41) is 11.4. The summed E-state index contributed by atoms with van der Waals surface area (Å²) < 4.78 is 0.934. The van der Waals surface area contributed by atoms with E-state index < -0.39 is 4.92 Å². The summed E-state index contributed by atoms with van der Waals surface area (Å²) in [6.07, 6.45) is 4.58. The summed E-state index contributed by atoms with van der Waals surface area (Å²) in [4.78, 5) is 16.8. The van der Waals surface area contributed by atoms with Crippen LogP contribution in [0.2, 0.25) is 0 Å². The van der Waals surface area contributed by atoms with Crippen molar-refractivity contribution in [2.24, 2.45) is 0 Å². The highest BCUT2D eigenvalue weighted by Gasteiger charge is 2.14. The minimum absolute atomic E-state index is 0.0143. The number of H-pyrrole nitrogens is 1. The summed E-state index contributed by atoms with van der Waals surface area (Å²) in [7, 11) is 0. The highest BCUT2D eigenvalue weighted by Crippen LogP contribution is 2.26. The molecule has 0 atom stereocenters. The zero-order valence-corrected chi connectivity index (χ0v) is 8.48. The number of aromatic nitrogens is 2. The molecule has 0 saturated carbocycles. The molecule has 66 valence electrons. The average Bonchev–Trinajstić information content (AvgIpc) is 2.48. The lowest BCUT2D eigenvalue weighted by atomic mass is 10.3. The van der Waals surface area contributed by atoms with E-state index in [4.69, 9.17) is 0 Å². The van der Waals surface area contributed by atoms with Gasteiger partial charge in [0, 0.05) is 21.4 Å². The van der Waals surface area contributed by atoms with Gasteiger partial charge in [0.25, 0.3) is 0 Å². The van der Waals surface area contributed by atoms with E-state index in [9.17, 15) is 10.1 Å². The smallest absolute Gasteiger partial charge is 0.311 e. The van der Waals surface area contributed by atoms with Crippen molar-refractivity contribution in [2.75, 3.05) is 0 Å². The molecule has 0 aromatic carbocycles. The molecule has 13 heavy (non-hydrogen) atoms. The molecule has 0 spiro atoms. The van der Waals surface area contributed by atoms with Crippen molar-refractivity contribution in [1.82, 2.24) is 9.97 Å². The molecule has 5 nitrogen and oxygen atoms in total. The quantitative estimate of drug-likeness (QED) is 0.496. The van der Waals surface area contributed by atoms with Gasteiger partial charge in [-0.15, -0.1) is 0 Å². The number of aromatic amines is 1. The molecular weight excluding hydrogens is 285 g/mol. The fourth-order valence-electron chi connectivity index (χ4n) is 1.13. The Morgan fingerprint density at radius 1 is 1.54 bits per heavy atom. The van der Waals surface area contributed by atoms with Gasteiger partial charge in [-0.3, -0.25) is 15.1 Å². The monoisotopic (exact) mass is 289 g/mol. The Hall–Kier alpha value is -1.18. The van der Waals surface area contributed by atoms with E-state index in [0.717, 1.165) is 8.96 Å². The van der Waals surface area contributed by atoms with E-state index >= 15 is 0 Å². The van der Waals surface area contributed by atoms with E-state index in [0.29, 0.717) is 5.52 Å². The van der Waals surface area contributed by atoms with Crippen molar-refractivity contribution in [3.8, 4) is 0 Å². The molecule has 0 bridgehead atoms. The van der Waals surface area contributed by atoms with Crippen molar-refractivity contribution >= 4 is 39.2 Å². The highest BCUT2D eigenvalue weighted by molar-refractivity contribution is 14.1. The minimum Gasteiger partial charge on any atom is -0.354 e. The first-order valence-electron chi connectivity index (χ1n) is 3.45. The summed E-state index contributed by atoms with van der Waals surface area (Å²) in [6.45, 7) is 0. The van der Waals surface area contributed by atoms with Gasteiger partial charge < -0.3 is 4.98 Å². The normalized spacial score (nSPS) is 10.5. The number of hydrogen-bond acceptors (Lipinski definition) is 3. The van der Waals surface area contributed by atoms with E-state index in [1.807, 2.05) is 0 Å². The second-order valence-corrected chi connectivity index (χ2v) is 3.64. The number of nitro groups is 1. The lowest BCUT2D eigenvalue weighted by Crippen LogP contribution is -1.90. The van der Waals surface area contributed by atoms with Gasteiger partial charge in [-0.2, -0.15) is 0 Å². The Morgan fingerprint density at radius 3 is 3.00 bits per heavy atom. The van der Waals surface area contributed by atoms with Crippen LogP contribution in [0.4, 0.5) is 5.69 Å². The van der Waals surface area contributed by atoms with E-state index in [1.165, 1.54) is 6.20 Å². The number of pyridine rings is 1. The van der Waals surface area contributed by atoms with Crippen LogP contribution in [0.5, 0.6) is 0 Å². The summed E-state index contributed by atoms with van der Waals surface area (Å²) in [6, 6.07) is 0. The van der Waals surface area contributed by atoms with Gasteiger partial charge >= 0.3 is 5.69 Å². The summed E-state index contributed by atoms with van der Waals surface area (Å²) >= 11 is 2.10. The van der Waals surface area contributed by atoms with Gasteiger partial charge in [-0.1, -0.05) is 0 Å². The van der Waals surface area contributed by atoms with Crippen molar-refractivity contribution in [1.29, 1.82) is 0 Å². The van der Waals surface area contributed by atoms with Crippen LogP contribution in [-0.2, 0) is 0 Å². The average molecular weight is 289 g/mol. The van der Waals surface area contributed by atoms with Crippen molar-refractivity contribution in [3.05, 3.63) is 32.3 Å². The molecular formula is C7H4IN3O2. The predicted molar refractivity (Wildman–Crippen MR) is 55.5 cm³/mol. The highest BCUT2D eigenvalue weighted by atomic mass is 127. The van der Waals surface area contributed by atoms with Crippen LogP contribution in [0.3, 0.4) is 0 Å². The molecule has 1 N–H and O–H groups in total. The molecule has 0 aliphatic rings. The number of nitrogens with one attached hydrogen (secondary N) is 1. The topological polar surface area (TPSA) is 71.8 Å². The fraction of sp³-hybridized carbons (Fsp3) is 0. The maximum absolute atomic E-state index is 10.6. The number of rotatable bonds is 1. The zero-order valence-electron chi connectivity index (χ0n) is 6.32. The molecule has 0 saturated heterocycles. The molecule has 2 rings (SSSR count). The molecule has 0 amide bonds. The number of fused-ring (bicyclic) bond motifs is 1. The van der Waals surface area contributed by atoms with Crippen LogP contribution in [0.15, 0.2) is 18.6 Å². The summed E-state index contributed by atoms with van der Waals surface area (Å²) in [5.41, 5.74) is 0.546. The second-order valence-electron chi connectivity index (χ2n) is 2.47.